The van der Waals surface area contributed by atoms with Crippen LogP contribution in [-0.4, -0.2) is 26.1 Å². The number of thiazole rings is 1. The number of amides is 1. The van der Waals surface area contributed by atoms with E-state index in [4.69, 9.17) is 0 Å². The molecule has 0 bridgehead atoms. The summed E-state index contributed by atoms with van der Waals surface area (Å²) in [4.78, 5) is 20.7. The number of anilines is 1. The maximum atomic E-state index is 12.1. The highest BCUT2D eigenvalue weighted by Crippen LogP contribution is 2.26. The third-order valence-electron chi connectivity index (χ3n) is 3.02. The second kappa shape index (κ2) is 5.25. The third kappa shape index (κ3) is 2.78. The van der Waals surface area contributed by atoms with E-state index in [1.165, 1.54) is 16.9 Å². The fourth-order valence-electron chi connectivity index (χ4n) is 1.87. The predicted molar refractivity (Wildman–Crippen MR) is 82.8 cm³/mol. The molecule has 0 aliphatic heterocycles. The number of carbonyl (C=O) groups excluding carboxylic acids is 1. The first-order chi connectivity index (χ1) is 10.0. The summed E-state index contributed by atoms with van der Waals surface area (Å²) in [6.07, 6.45) is 0. The summed E-state index contributed by atoms with van der Waals surface area (Å²) in [5, 5.41) is 9.99. The molecule has 2 N–H and O–H groups in total. The molecule has 108 valence electrons. The number of carbonyl (C=O) groups is 1. The third-order valence-corrected chi connectivity index (χ3v) is 3.95. The molecule has 3 rings (SSSR count). The average Bonchev–Trinajstić information content (AvgIpc) is 3.03. The van der Waals surface area contributed by atoms with Crippen molar-refractivity contribution in [3.63, 3.8) is 0 Å². The van der Waals surface area contributed by atoms with Crippen LogP contribution in [0.15, 0.2) is 18.2 Å². The first-order valence-corrected chi connectivity index (χ1v) is 7.45. The number of fused-ring (bicyclic) bond motifs is 1. The number of aryl methyl sites for hydroxylation is 1. The number of aromatic amines is 1. The SMILES string of the molecule is Cc1ccc2nc(NC(=O)c3n[nH]c(C(C)C)n3)sc2c1. The van der Waals surface area contributed by atoms with Gasteiger partial charge >= 0.3 is 0 Å². The lowest BCUT2D eigenvalue weighted by atomic mass is 10.2. The van der Waals surface area contributed by atoms with Gasteiger partial charge in [-0.3, -0.25) is 15.2 Å². The van der Waals surface area contributed by atoms with Crippen LogP contribution in [0.4, 0.5) is 5.13 Å². The standard InChI is InChI=1S/C14H15N5OS/c1-7(2)11-16-12(19-18-11)13(20)17-14-15-9-5-4-8(3)6-10(9)21-14/h4-7H,1-3H3,(H,15,17,20)(H,16,18,19). The molecule has 1 aromatic carbocycles. The number of hydrogen-bond acceptors (Lipinski definition) is 5. The molecule has 3 aromatic rings. The predicted octanol–water partition coefficient (Wildman–Crippen LogP) is 3.10. The van der Waals surface area contributed by atoms with Crippen LogP contribution in [0, 0.1) is 6.92 Å². The second-order valence-electron chi connectivity index (χ2n) is 5.14. The summed E-state index contributed by atoms with van der Waals surface area (Å²) in [5.74, 6) is 0.674. The first kappa shape index (κ1) is 13.7. The van der Waals surface area contributed by atoms with E-state index in [-0.39, 0.29) is 17.6 Å². The zero-order valence-electron chi connectivity index (χ0n) is 12.0. The van der Waals surface area contributed by atoms with Crippen LogP contribution in [0.3, 0.4) is 0 Å². The summed E-state index contributed by atoms with van der Waals surface area (Å²) >= 11 is 1.44. The Morgan fingerprint density at radius 1 is 1.33 bits per heavy atom. The molecule has 2 aromatic heterocycles. The van der Waals surface area contributed by atoms with Gasteiger partial charge in [-0.05, 0) is 24.6 Å². The molecule has 0 atom stereocenters. The van der Waals surface area contributed by atoms with E-state index in [9.17, 15) is 4.79 Å². The summed E-state index contributed by atoms with van der Waals surface area (Å²) < 4.78 is 1.04. The van der Waals surface area contributed by atoms with E-state index >= 15 is 0 Å². The molecule has 0 fully saturated rings. The van der Waals surface area contributed by atoms with E-state index in [0.29, 0.717) is 11.0 Å². The van der Waals surface area contributed by atoms with E-state index < -0.39 is 0 Å². The number of rotatable bonds is 3. The Balaban J connectivity index is 1.81. The fraction of sp³-hybridized carbons (Fsp3) is 0.286. The van der Waals surface area contributed by atoms with Gasteiger partial charge in [-0.15, -0.1) is 5.10 Å². The largest absolute Gasteiger partial charge is 0.297 e. The van der Waals surface area contributed by atoms with E-state index in [2.05, 4.69) is 25.5 Å². The number of benzene rings is 1. The second-order valence-corrected chi connectivity index (χ2v) is 6.17. The number of nitrogens with one attached hydrogen (secondary N) is 2. The normalized spacial score (nSPS) is 11.2. The Hall–Kier alpha value is -2.28. The molecule has 2 heterocycles. The molecule has 0 radical (unpaired) electrons. The van der Waals surface area contributed by atoms with Crippen LogP contribution in [-0.2, 0) is 0 Å². The van der Waals surface area contributed by atoms with Crippen LogP contribution in [0.5, 0.6) is 0 Å². The first-order valence-electron chi connectivity index (χ1n) is 6.64. The van der Waals surface area contributed by atoms with Crippen LogP contribution in [0.25, 0.3) is 10.2 Å². The van der Waals surface area contributed by atoms with Crippen molar-refractivity contribution in [2.45, 2.75) is 26.7 Å². The van der Waals surface area contributed by atoms with Crippen molar-refractivity contribution in [2.75, 3.05) is 5.32 Å². The fourth-order valence-corrected chi connectivity index (χ4v) is 2.83. The smallest absolute Gasteiger partial charge is 0.295 e. The summed E-state index contributed by atoms with van der Waals surface area (Å²) in [5.41, 5.74) is 2.04. The van der Waals surface area contributed by atoms with Gasteiger partial charge in [0, 0.05) is 5.92 Å². The molecule has 6 nitrogen and oxygen atoms in total. The van der Waals surface area contributed by atoms with Crippen molar-refractivity contribution >= 4 is 32.6 Å². The summed E-state index contributed by atoms with van der Waals surface area (Å²) in [6, 6.07) is 5.99. The Bertz CT molecular complexity index is 805. The lowest BCUT2D eigenvalue weighted by Gasteiger charge is -1.96. The molecule has 1 amide bonds. The van der Waals surface area contributed by atoms with Crippen molar-refractivity contribution in [2.24, 2.45) is 0 Å². The van der Waals surface area contributed by atoms with Gasteiger partial charge in [0.1, 0.15) is 5.82 Å². The van der Waals surface area contributed by atoms with Crippen LogP contribution in [0.1, 0.15) is 41.8 Å². The zero-order valence-corrected chi connectivity index (χ0v) is 12.8. The number of aromatic nitrogens is 4. The molecule has 0 aliphatic carbocycles. The molecule has 0 unspecified atom stereocenters. The quantitative estimate of drug-likeness (QED) is 0.778. The minimum atomic E-state index is -0.353. The van der Waals surface area contributed by atoms with Crippen molar-refractivity contribution in [3.8, 4) is 0 Å². The van der Waals surface area contributed by atoms with E-state index in [1.54, 1.807) is 0 Å². The molecular formula is C14H15N5OS. The van der Waals surface area contributed by atoms with Crippen molar-refractivity contribution in [3.05, 3.63) is 35.4 Å². The molecule has 21 heavy (non-hydrogen) atoms. The Labute approximate surface area is 125 Å². The Morgan fingerprint density at radius 3 is 2.86 bits per heavy atom. The monoisotopic (exact) mass is 301 g/mol. The molecular weight excluding hydrogens is 286 g/mol. The highest BCUT2D eigenvalue weighted by Gasteiger charge is 2.16. The average molecular weight is 301 g/mol. The Kier molecular flexibility index (Phi) is 3.42. The van der Waals surface area contributed by atoms with Gasteiger partial charge in [0.25, 0.3) is 5.91 Å². The Morgan fingerprint density at radius 2 is 2.14 bits per heavy atom. The minimum absolute atomic E-state index is 0.133. The van der Waals surface area contributed by atoms with Gasteiger partial charge in [0.2, 0.25) is 5.82 Å². The van der Waals surface area contributed by atoms with E-state index in [0.717, 1.165) is 10.2 Å². The van der Waals surface area contributed by atoms with Crippen LogP contribution in [0.2, 0.25) is 0 Å². The molecule has 0 saturated carbocycles. The molecule has 7 heteroatoms. The molecule has 0 spiro atoms. The lowest BCUT2D eigenvalue weighted by Crippen LogP contribution is -2.13. The van der Waals surface area contributed by atoms with E-state index in [1.807, 2.05) is 39.0 Å². The van der Waals surface area contributed by atoms with Gasteiger partial charge in [-0.2, -0.15) is 0 Å². The minimum Gasteiger partial charge on any atom is -0.295 e. The van der Waals surface area contributed by atoms with Gasteiger partial charge < -0.3 is 0 Å². The van der Waals surface area contributed by atoms with Crippen molar-refractivity contribution < 1.29 is 4.79 Å². The highest BCUT2D eigenvalue weighted by atomic mass is 32.1. The summed E-state index contributed by atoms with van der Waals surface area (Å²) in [6.45, 7) is 5.99. The van der Waals surface area contributed by atoms with Gasteiger partial charge in [-0.25, -0.2) is 9.97 Å². The number of nitrogens with zero attached hydrogens (tertiary/aromatic N) is 3. The van der Waals surface area contributed by atoms with Crippen LogP contribution < -0.4 is 5.32 Å². The zero-order chi connectivity index (χ0) is 15.0. The lowest BCUT2D eigenvalue weighted by molar-refractivity contribution is 0.101. The maximum absolute atomic E-state index is 12.1. The summed E-state index contributed by atoms with van der Waals surface area (Å²) in [7, 11) is 0. The highest BCUT2D eigenvalue weighted by molar-refractivity contribution is 7.22. The van der Waals surface area contributed by atoms with Crippen molar-refractivity contribution in [1.82, 2.24) is 20.2 Å². The molecule has 0 aliphatic rings. The van der Waals surface area contributed by atoms with Gasteiger partial charge in [0.15, 0.2) is 5.13 Å². The topological polar surface area (TPSA) is 83.6 Å². The van der Waals surface area contributed by atoms with Gasteiger partial charge in [-0.1, -0.05) is 31.3 Å². The van der Waals surface area contributed by atoms with Crippen molar-refractivity contribution in [1.29, 1.82) is 0 Å². The number of hydrogen-bond donors (Lipinski definition) is 2. The van der Waals surface area contributed by atoms with Gasteiger partial charge in [0.05, 0.1) is 10.2 Å². The number of H-pyrrole nitrogens is 1. The molecule has 0 saturated heterocycles. The van der Waals surface area contributed by atoms with Crippen LogP contribution >= 0.6 is 11.3 Å². The maximum Gasteiger partial charge on any atom is 0.297 e.